The summed E-state index contributed by atoms with van der Waals surface area (Å²) >= 11 is 0. The highest BCUT2D eigenvalue weighted by Gasteiger charge is 2.15. The van der Waals surface area contributed by atoms with Crippen LogP contribution in [0, 0.1) is 13.8 Å². The molecule has 1 aromatic heterocycles. The molecular weight excluding hydrogens is 442 g/mol. The van der Waals surface area contributed by atoms with Crippen molar-refractivity contribution in [3.63, 3.8) is 0 Å². The van der Waals surface area contributed by atoms with E-state index in [2.05, 4.69) is 10.4 Å². The van der Waals surface area contributed by atoms with Gasteiger partial charge < -0.3 is 14.8 Å². The number of carbonyl (C=O) groups is 2. The molecule has 7 heteroatoms. The van der Waals surface area contributed by atoms with Gasteiger partial charge in [-0.05, 0) is 86.5 Å². The first-order valence-electron chi connectivity index (χ1n) is 11.3. The second-order valence-electron chi connectivity index (χ2n) is 8.08. The Morgan fingerprint density at radius 1 is 0.886 bits per heavy atom. The number of nitrogens with zero attached hydrogens (tertiary/aromatic N) is 2. The number of anilines is 1. The molecule has 0 saturated carbocycles. The molecule has 0 spiro atoms. The van der Waals surface area contributed by atoms with Gasteiger partial charge in [-0.25, -0.2) is 4.68 Å². The maximum Gasteiger partial charge on any atom is 0.305 e. The lowest BCUT2D eigenvalue weighted by Crippen LogP contribution is -2.12. The Hall–Kier alpha value is -4.39. The van der Waals surface area contributed by atoms with E-state index in [0.717, 1.165) is 28.4 Å². The third-order valence-corrected chi connectivity index (χ3v) is 5.71. The molecule has 7 nitrogen and oxygen atoms in total. The molecular formula is C28H27N3O4. The Labute approximate surface area is 204 Å². The molecule has 0 aliphatic carbocycles. The highest BCUT2D eigenvalue weighted by molar-refractivity contribution is 6.04. The minimum absolute atomic E-state index is 0.208. The molecule has 1 amide bonds. The number of benzene rings is 3. The van der Waals surface area contributed by atoms with Gasteiger partial charge in [0.15, 0.2) is 0 Å². The van der Waals surface area contributed by atoms with E-state index < -0.39 is 0 Å². The molecule has 0 aliphatic rings. The van der Waals surface area contributed by atoms with E-state index in [1.165, 1.54) is 7.11 Å². The van der Waals surface area contributed by atoms with E-state index in [4.69, 9.17) is 9.47 Å². The fourth-order valence-electron chi connectivity index (χ4n) is 3.81. The van der Waals surface area contributed by atoms with E-state index in [9.17, 15) is 9.59 Å². The molecule has 4 rings (SSSR count). The van der Waals surface area contributed by atoms with Gasteiger partial charge in [0.1, 0.15) is 11.5 Å². The molecule has 0 fully saturated rings. The predicted molar refractivity (Wildman–Crippen MR) is 134 cm³/mol. The van der Waals surface area contributed by atoms with Crippen LogP contribution in [0.5, 0.6) is 11.5 Å². The van der Waals surface area contributed by atoms with Crippen LogP contribution in [0.2, 0.25) is 0 Å². The van der Waals surface area contributed by atoms with Crippen molar-refractivity contribution in [2.24, 2.45) is 0 Å². The number of para-hydroxylation sites is 1. The number of carbonyl (C=O) groups excluding carboxylic acids is 2. The molecule has 1 heterocycles. The summed E-state index contributed by atoms with van der Waals surface area (Å²) in [5, 5.41) is 7.52. The number of methoxy groups -OCH3 is 1. The number of hydrogen-bond donors (Lipinski definition) is 1. The summed E-state index contributed by atoms with van der Waals surface area (Å²) in [4.78, 5) is 24.2. The third kappa shape index (κ3) is 5.76. The van der Waals surface area contributed by atoms with Crippen LogP contribution in [-0.2, 0) is 16.0 Å². The number of esters is 1. The zero-order valence-electron chi connectivity index (χ0n) is 19.9. The Kier molecular flexibility index (Phi) is 7.26. The lowest BCUT2D eigenvalue weighted by Gasteiger charge is -2.09. The van der Waals surface area contributed by atoms with Crippen molar-refractivity contribution in [3.8, 4) is 17.2 Å². The summed E-state index contributed by atoms with van der Waals surface area (Å²) in [5.41, 5.74) is 4.90. The van der Waals surface area contributed by atoms with Crippen molar-refractivity contribution >= 4 is 17.6 Å². The van der Waals surface area contributed by atoms with Crippen LogP contribution < -0.4 is 10.1 Å². The van der Waals surface area contributed by atoms with Crippen molar-refractivity contribution in [2.45, 2.75) is 26.7 Å². The van der Waals surface area contributed by atoms with Crippen LogP contribution >= 0.6 is 0 Å². The lowest BCUT2D eigenvalue weighted by molar-refractivity contribution is -0.140. The topological polar surface area (TPSA) is 82.5 Å². The van der Waals surface area contributed by atoms with Gasteiger partial charge in [0.2, 0.25) is 0 Å². The fraction of sp³-hybridized carbons (Fsp3) is 0.179. The first-order chi connectivity index (χ1) is 16.9. The highest BCUT2D eigenvalue weighted by atomic mass is 16.5. The Balaban J connectivity index is 1.41. The largest absolute Gasteiger partial charge is 0.469 e. The second kappa shape index (κ2) is 10.7. The maximum absolute atomic E-state index is 12.7. The Morgan fingerprint density at radius 2 is 1.54 bits per heavy atom. The molecule has 0 saturated heterocycles. The average molecular weight is 470 g/mol. The number of aryl methyl sites for hydroxylation is 1. The normalized spacial score (nSPS) is 10.6. The quantitative estimate of drug-likeness (QED) is 0.338. The number of aromatic nitrogens is 2. The molecule has 0 unspecified atom stereocenters. The van der Waals surface area contributed by atoms with Gasteiger partial charge in [0.05, 0.1) is 18.5 Å². The summed E-state index contributed by atoms with van der Waals surface area (Å²) in [6.45, 7) is 3.90. The van der Waals surface area contributed by atoms with Gasteiger partial charge in [-0.15, -0.1) is 0 Å². The predicted octanol–water partition coefficient (Wildman–Crippen LogP) is 5.64. The van der Waals surface area contributed by atoms with Crippen LogP contribution in [0.1, 0.15) is 33.7 Å². The van der Waals surface area contributed by atoms with E-state index in [1.54, 1.807) is 24.3 Å². The standard InChI is InChI=1S/C28H27N3O4/c1-19-26(17-18-27(32)34-3)20(2)31(30-19)23-13-9-21(10-14-23)28(33)29-22-11-15-25(16-12-22)35-24-7-5-4-6-8-24/h4-16H,17-18H2,1-3H3,(H,29,33). The minimum Gasteiger partial charge on any atom is -0.469 e. The van der Waals surface area contributed by atoms with E-state index in [0.29, 0.717) is 29.8 Å². The molecule has 178 valence electrons. The Morgan fingerprint density at radius 3 is 2.20 bits per heavy atom. The molecule has 0 bridgehead atoms. The van der Waals surface area contributed by atoms with Gasteiger partial charge in [0.25, 0.3) is 5.91 Å². The van der Waals surface area contributed by atoms with Crippen molar-refractivity contribution in [1.82, 2.24) is 9.78 Å². The summed E-state index contributed by atoms with van der Waals surface area (Å²) in [6.07, 6.45) is 0.877. The van der Waals surface area contributed by atoms with Crippen LogP contribution in [-0.4, -0.2) is 28.8 Å². The van der Waals surface area contributed by atoms with Crippen molar-refractivity contribution in [2.75, 3.05) is 12.4 Å². The summed E-state index contributed by atoms with van der Waals surface area (Å²) < 4.78 is 12.4. The number of nitrogens with one attached hydrogen (secondary N) is 1. The second-order valence-corrected chi connectivity index (χ2v) is 8.08. The summed E-state index contributed by atoms with van der Waals surface area (Å²) in [5.74, 6) is 0.989. The van der Waals surface area contributed by atoms with Gasteiger partial charge in [-0.3, -0.25) is 9.59 Å². The molecule has 4 aromatic rings. The zero-order chi connectivity index (χ0) is 24.8. The minimum atomic E-state index is -0.245. The van der Waals surface area contributed by atoms with Crippen LogP contribution in [0.3, 0.4) is 0 Å². The van der Waals surface area contributed by atoms with Gasteiger partial charge >= 0.3 is 5.97 Å². The van der Waals surface area contributed by atoms with Crippen LogP contribution in [0.15, 0.2) is 78.9 Å². The van der Waals surface area contributed by atoms with E-state index >= 15 is 0 Å². The summed E-state index contributed by atoms with van der Waals surface area (Å²) in [7, 11) is 1.39. The number of hydrogen-bond acceptors (Lipinski definition) is 5. The monoisotopic (exact) mass is 469 g/mol. The SMILES string of the molecule is COC(=O)CCc1c(C)nn(-c2ccc(C(=O)Nc3ccc(Oc4ccccc4)cc3)cc2)c1C. The average Bonchev–Trinajstić information content (AvgIpc) is 3.17. The van der Waals surface area contributed by atoms with Crippen molar-refractivity contribution in [1.29, 1.82) is 0 Å². The fourth-order valence-corrected chi connectivity index (χ4v) is 3.81. The van der Waals surface area contributed by atoms with Gasteiger partial charge in [-0.2, -0.15) is 5.10 Å². The smallest absolute Gasteiger partial charge is 0.305 e. The molecule has 3 aromatic carbocycles. The molecule has 0 atom stereocenters. The van der Waals surface area contributed by atoms with E-state index in [1.807, 2.05) is 73.1 Å². The van der Waals surface area contributed by atoms with Crippen LogP contribution in [0.25, 0.3) is 5.69 Å². The molecule has 35 heavy (non-hydrogen) atoms. The van der Waals surface area contributed by atoms with Crippen LogP contribution in [0.4, 0.5) is 5.69 Å². The zero-order valence-corrected chi connectivity index (χ0v) is 19.9. The maximum atomic E-state index is 12.7. The van der Waals surface area contributed by atoms with Crippen molar-refractivity contribution < 1.29 is 19.1 Å². The van der Waals surface area contributed by atoms with Gasteiger partial charge in [-0.1, -0.05) is 18.2 Å². The van der Waals surface area contributed by atoms with Crippen molar-refractivity contribution in [3.05, 3.63) is 101 Å². The molecule has 0 radical (unpaired) electrons. The third-order valence-electron chi connectivity index (χ3n) is 5.71. The number of rotatable bonds is 8. The van der Waals surface area contributed by atoms with E-state index in [-0.39, 0.29) is 11.9 Å². The number of ether oxygens (including phenoxy) is 2. The highest BCUT2D eigenvalue weighted by Crippen LogP contribution is 2.23. The number of amides is 1. The lowest BCUT2D eigenvalue weighted by atomic mass is 10.1. The van der Waals surface area contributed by atoms with Gasteiger partial charge in [0, 0.05) is 23.4 Å². The molecule has 1 N–H and O–H groups in total. The molecule has 0 aliphatic heterocycles. The first-order valence-corrected chi connectivity index (χ1v) is 11.3. The Bertz CT molecular complexity index is 1310. The first kappa shape index (κ1) is 23.8. The summed E-state index contributed by atoms with van der Waals surface area (Å²) in [6, 6.07) is 24.0.